The highest BCUT2D eigenvalue weighted by atomic mass is 16.5. The second-order valence-corrected chi connectivity index (χ2v) is 4.57. The SMILES string of the molecule is CCOc1ccc2c(ccn2CC2CC2)c1. The van der Waals surface area contributed by atoms with E-state index in [-0.39, 0.29) is 0 Å². The first-order chi connectivity index (χ1) is 7.86. The fourth-order valence-corrected chi connectivity index (χ4v) is 2.17. The second-order valence-electron chi connectivity index (χ2n) is 4.57. The Balaban J connectivity index is 1.93. The summed E-state index contributed by atoms with van der Waals surface area (Å²) in [5.74, 6) is 1.89. The summed E-state index contributed by atoms with van der Waals surface area (Å²) in [6.45, 7) is 3.92. The minimum atomic E-state index is 0.730. The molecule has 2 heteroatoms. The summed E-state index contributed by atoms with van der Waals surface area (Å²) in [5, 5.41) is 1.28. The van der Waals surface area contributed by atoms with Gasteiger partial charge in [-0.25, -0.2) is 0 Å². The maximum atomic E-state index is 5.51. The van der Waals surface area contributed by atoms with Crippen LogP contribution in [0, 0.1) is 5.92 Å². The summed E-state index contributed by atoms with van der Waals surface area (Å²) in [5.41, 5.74) is 1.33. The number of aromatic nitrogens is 1. The maximum absolute atomic E-state index is 5.51. The smallest absolute Gasteiger partial charge is 0.120 e. The van der Waals surface area contributed by atoms with E-state index >= 15 is 0 Å². The molecule has 0 radical (unpaired) electrons. The van der Waals surface area contributed by atoms with E-state index in [1.54, 1.807) is 0 Å². The molecule has 16 heavy (non-hydrogen) atoms. The van der Waals surface area contributed by atoms with Gasteiger partial charge >= 0.3 is 0 Å². The molecule has 0 N–H and O–H groups in total. The Morgan fingerprint density at radius 3 is 2.94 bits per heavy atom. The van der Waals surface area contributed by atoms with E-state index in [0.29, 0.717) is 0 Å². The zero-order chi connectivity index (χ0) is 11.0. The first kappa shape index (κ1) is 9.76. The van der Waals surface area contributed by atoms with Gasteiger partial charge in [-0.1, -0.05) is 0 Å². The number of rotatable bonds is 4. The molecular weight excluding hydrogens is 198 g/mol. The van der Waals surface area contributed by atoms with Gasteiger partial charge in [0.25, 0.3) is 0 Å². The van der Waals surface area contributed by atoms with Crippen LogP contribution < -0.4 is 4.74 Å². The molecule has 1 aliphatic carbocycles. The van der Waals surface area contributed by atoms with Crippen LogP contribution in [0.4, 0.5) is 0 Å². The third-order valence-electron chi connectivity index (χ3n) is 3.21. The van der Waals surface area contributed by atoms with Crippen molar-refractivity contribution in [1.29, 1.82) is 0 Å². The summed E-state index contributed by atoms with van der Waals surface area (Å²) in [7, 11) is 0. The van der Waals surface area contributed by atoms with E-state index in [4.69, 9.17) is 4.74 Å². The number of ether oxygens (including phenoxy) is 1. The monoisotopic (exact) mass is 215 g/mol. The molecule has 84 valence electrons. The van der Waals surface area contributed by atoms with Gasteiger partial charge in [-0.3, -0.25) is 0 Å². The average Bonchev–Trinajstić information content (AvgIpc) is 3.01. The van der Waals surface area contributed by atoms with Gasteiger partial charge in [0.1, 0.15) is 5.75 Å². The van der Waals surface area contributed by atoms with Crippen molar-refractivity contribution < 1.29 is 4.74 Å². The highest BCUT2D eigenvalue weighted by molar-refractivity contribution is 5.81. The molecule has 0 spiro atoms. The zero-order valence-corrected chi connectivity index (χ0v) is 9.65. The fourth-order valence-electron chi connectivity index (χ4n) is 2.17. The number of hydrogen-bond donors (Lipinski definition) is 0. The zero-order valence-electron chi connectivity index (χ0n) is 9.65. The van der Waals surface area contributed by atoms with Gasteiger partial charge < -0.3 is 9.30 Å². The Morgan fingerprint density at radius 2 is 2.19 bits per heavy atom. The lowest BCUT2D eigenvalue weighted by Gasteiger charge is -2.05. The van der Waals surface area contributed by atoms with Crippen LogP contribution >= 0.6 is 0 Å². The van der Waals surface area contributed by atoms with Crippen molar-refractivity contribution >= 4 is 10.9 Å². The lowest BCUT2D eigenvalue weighted by Crippen LogP contribution is -1.97. The Labute approximate surface area is 95.8 Å². The third-order valence-corrected chi connectivity index (χ3v) is 3.21. The number of fused-ring (bicyclic) bond motifs is 1. The quantitative estimate of drug-likeness (QED) is 0.762. The van der Waals surface area contributed by atoms with Crippen LogP contribution in [0.15, 0.2) is 30.5 Å². The summed E-state index contributed by atoms with van der Waals surface area (Å²) >= 11 is 0. The lowest BCUT2D eigenvalue weighted by molar-refractivity contribution is 0.340. The van der Waals surface area contributed by atoms with E-state index in [2.05, 4.69) is 35.0 Å². The van der Waals surface area contributed by atoms with E-state index in [1.807, 2.05) is 6.92 Å². The summed E-state index contributed by atoms with van der Waals surface area (Å²) in [6, 6.07) is 8.54. The summed E-state index contributed by atoms with van der Waals surface area (Å²) in [4.78, 5) is 0. The number of hydrogen-bond acceptors (Lipinski definition) is 1. The topological polar surface area (TPSA) is 14.2 Å². The Morgan fingerprint density at radius 1 is 1.31 bits per heavy atom. The molecule has 1 aliphatic rings. The standard InChI is InChI=1S/C14H17NO/c1-2-16-13-5-6-14-12(9-13)7-8-15(14)10-11-3-4-11/h5-9,11H,2-4,10H2,1H3. The van der Waals surface area contributed by atoms with Crippen LogP contribution in [0.1, 0.15) is 19.8 Å². The van der Waals surface area contributed by atoms with E-state index in [1.165, 1.54) is 30.3 Å². The van der Waals surface area contributed by atoms with Crippen LogP contribution in [0.2, 0.25) is 0 Å². The first-order valence-electron chi connectivity index (χ1n) is 6.08. The van der Waals surface area contributed by atoms with Crippen molar-refractivity contribution in [2.24, 2.45) is 5.92 Å². The van der Waals surface area contributed by atoms with Gasteiger partial charge in [0.2, 0.25) is 0 Å². The minimum absolute atomic E-state index is 0.730. The molecule has 2 aromatic rings. The largest absolute Gasteiger partial charge is 0.494 e. The van der Waals surface area contributed by atoms with Gasteiger partial charge in [-0.05, 0) is 49.9 Å². The molecule has 1 saturated carbocycles. The van der Waals surface area contributed by atoms with E-state index in [0.717, 1.165) is 18.3 Å². The van der Waals surface area contributed by atoms with Crippen LogP contribution in [0.3, 0.4) is 0 Å². The molecule has 1 fully saturated rings. The van der Waals surface area contributed by atoms with Crippen LogP contribution in [0.5, 0.6) is 5.75 Å². The molecule has 0 unspecified atom stereocenters. The Hall–Kier alpha value is -1.44. The predicted octanol–water partition coefficient (Wildman–Crippen LogP) is 3.45. The van der Waals surface area contributed by atoms with E-state index < -0.39 is 0 Å². The van der Waals surface area contributed by atoms with Gasteiger partial charge in [0, 0.05) is 23.6 Å². The van der Waals surface area contributed by atoms with Crippen molar-refractivity contribution in [3.05, 3.63) is 30.5 Å². The normalized spacial score (nSPS) is 15.6. The van der Waals surface area contributed by atoms with Crippen LogP contribution in [0.25, 0.3) is 10.9 Å². The maximum Gasteiger partial charge on any atom is 0.120 e. The predicted molar refractivity (Wildman–Crippen MR) is 65.8 cm³/mol. The number of nitrogens with zero attached hydrogens (tertiary/aromatic N) is 1. The third kappa shape index (κ3) is 1.80. The van der Waals surface area contributed by atoms with Gasteiger partial charge in [0.05, 0.1) is 6.61 Å². The second kappa shape index (κ2) is 3.85. The van der Waals surface area contributed by atoms with Crippen molar-refractivity contribution in [3.63, 3.8) is 0 Å². The molecule has 1 heterocycles. The Kier molecular flexibility index (Phi) is 2.35. The molecule has 3 rings (SSSR count). The summed E-state index contributed by atoms with van der Waals surface area (Å²) < 4.78 is 7.87. The summed E-state index contributed by atoms with van der Waals surface area (Å²) in [6.07, 6.45) is 4.99. The van der Waals surface area contributed by atoms with Crippen molar-refractivity contribution in [3.8, 4) is 5.75 Å². The van der Waals surface area contributed by atoms with Crippen LogP contribution in [-0.2, 0) is 6.54 Å². The molecule has 0 atom stereocenters. The van der Waals surface area contributed by atoms with E-state index in [9.17, 15) is 0 Å². The molecule has 0 saturated heterocycles. The van der Waals surface area contributed by atoms with Gasteiger partial charge in [-0.2, -0.15) is 0 Å². The highest BCUT2D eigenvalue weighted by Crippen LogP contribution is 2.32. The molecule has 0 bridgehead atoms. The van der Waals surface area contributed by atoms with Crippen molar-refractivity contribution in [2.45, 2.75) is 26.3 Å². The van der Waals surface area contributed by atoms with Gasteiger partial charge in [-0.15, -0.1) is 0 Å². The first-order valence-corrected chi connectivity index (χ1v) is 6.08. The lowest BCUT2D eigenvalue weighted by atomic mass is 10.2. The number of benzene rings is 1. The van der Waals surface area contributed by atoms with Crippen molar-refractivity contribution in [2.75, 3.05) is 6.61 Å². The Bertz CT molecular complexity index is 496. The molecule has 1 aromatic carbocycles. The van der Waals surface area contributed by atoms with Gasteiger partial charge in [0.15, 0.2) is 0 Å². The molecule has 0 amide bonds. The van der Waals surface area contributed by atoms with Crippen molar-refractivity contribution in [1.82, 2.24) is 4.57 Å². The molecular formula is C14H17NO. The highest BCUT2D eigenvalue weighted by Gasteiger charge is 2.21. The minimum Gasteiger partial charge on any atom is -0.494 e. The van der Waals surface area contributed by atoms with Crippen LogP contribution in [-0.4, -0.2) is 11.2 Å². The average molecular weight is 215 g/mol. The molecule has 2 nitrogen and oxygen atoms in total. The fraction of sp³-hybridized carbons (Fsp3) is 0.429. The molecule has 1 aromatic heterocycles. The molecule has 0 aliphatic heterocycles.